The van der Waals surface area contributed by atoms with Gasteiger partial charge in [0.2, 0.25) is 10.0 Å². The molecule has 20 heavy (non-hydrogen) atoms. The first-order chi connectivity index (χ1) is 9.48. The molecule has 0 heterocycles. The van der Waals surface area contributed by atoms with E-state index in [-0.39, 0.29) is 0 Å². The van der Waals surface area contributed by atoms with E-state index in [2.05, 4.69) is 17.0 Å². The average Bonchev–Trinajstić information content (AvgIpc) is 2.40. The maximum Gasteiger partial charge on any atom is 0.229 e. The summed E-state index contributed by atoms with van der Waals surface area (Å²) in [6, 6.07) is 8.02. The van der Waals surface area contributed by atoms with Crippen LogP contribution in [0, 0.1) is 5.92 Å². The van der Waals surface area contributed by atoms with Gasteiger partial charge in [0.15, 0.2) is 0 Å². The fraction of sp³-hybridized carbons (Fsp3) is 0.600. The summed E-state index contributed by atoms with van der Waals surface area (Å²) in [5.41, 5.74) is 1.67. The van der Waals surface area contributed by atoms with E-state index in [1.807, 2.05) is 12.1 Å². The molecule has 1 aliphatic rings. The summed E-state index contributed by atoms with van der Waals surface area (Å²) in [4.78, 5) is 0. The minimum absolute atomic E-state index is 0.544. The third-order valence-corrected chi connectivity index (χ3v) is 4.58. The molecule has 0 aromatic heterocycles. The van der Waals surface area contributed by atoms with E-state index in [4.69, 9.17) is 0 Å². The highest BCUT2D eigenvalue weighted by atomic mass is 32.2. The summed E-state index contributed by atoms with van der Waals surface area (Å²) in [5.74, 6) is 0.748. The van der Waals surface area contributed by atoms with E-state index in [9.17, 15) is 8.42 Å². The normalized spacial score (nSPS) is 23.3. The quantitative estimate of drug-likeness (QED) is 0.875. The van der Waals surface area contributed by atoms with Crippen LogP contribution in [0.2, 0.25) is 0 Å². The lowest BCUT2D eigenvalue weighted by Crippen LogP contribution is -2.31. The molecule has 2 N–H and O–H groups in total. The molecule has 1 aromatic rings. The van der Waals surface area contributed by atoms with Crippen LogP contribution < -0.4 is 10.0 Å². The maximum atomic E-state index is 11.2. The number of hydrogen-bond donors (Lipinski definition) is 2. The molecular weight excluding hydrogens is 272 g/mol. The van der Waals surface area contributed by atoms with Crippen LogP contribution in [0.1, 0.15) is 39.0 Å². The van der Waals surface area contributed by atoms with Crippen LogP contribution in [-0.2, 0) is 10.0 Å². The lowest BCUT2D eigenvalue weighted by Gasteiger charge is -2.32. The van der Waals surface area contributed by atoms with Gasteiger partial charge in [-0.05, 0) is 43.0 Å². The van der Waals surface area contributed by atoms with Crippen LogP contribution in [0.5, 0.6) is 0 Å². The number of hydrogen-bond acceptors (Lipinski definition) is 3. The van der Waals surface area contributed by atoms with Gasteiger partial charge in [-0.1, -0.05) is 26.2 Å². The van der Waals surface area contributed by atoms with E-state index in [0.717, 1.165) is 17.9 Å². The predicted molar refractivity (Wildman–Crippen MR) is 84.6 cm³/mol. The van der Waals surface area contributed by atoms with E-state index in [1.54, 1.807) is 12.1 Å². The zero-order chi connectivity index (χ0) is 14.6. The Morgan fingerprint density at radius 3 is 2.30 bits per heavy atom. The Morgan fingerprint density at radius 1 is 1.10 bits per heavy atom. The molecule has 0 aliphatic heterocycles. The van der Waals surface area contributed by atoms with Crippen molar-refractivity contribution >= 4 is 21.4 Å². The highest BCUT2D eigenvalue weighted by Gasteiger charge is 2.23. The SMILES string of the molecule is CCC1CCCCC1Nc1ccc(NS(C)(=O)=O)cc1. The molecule has 4 nitrogen and oxygen atoms in total. The Bertz CT molecular complexity index is 525. The van der Waals surface area contributed by atoms with Gasteiger partial charge in [-0.2, -0.15) is 0 Å². The molecule has 0 bridgehead atoms. The first-order valence-electron chi connectivity index (χ1n) is 7.32. The second kappa shape index (κ2) is 6.48. The van der Waals surface area contributed by atoms with Gasteiger partial charge in [0.05, 0.1) is 6.26 Å². The molecule has 112 valence electrons. The summed E-state index contributed by atoms with van der Waals surface area (Å²) >= 11 is 0. The second-order valence-corrected chi connectivity index (χ2v) is 7.40. The number of benzene rings is 1. The molecule has 5 heteroatoms. The van der Waals surface area contributed by atoms with Gasteiger partial charge in [0, 0.05) is 17.4 Å². The Balaban J connectivity index is 1.99. The molecule has 0 radical (unpaired) electrons. The zero-order valence-electron chi connectivity index (χ0n) is 12.2. The molecule has 2 rings (SSSR count). The molecule has 1 aromatic carbocycles. The molecule has 2 unspecified atom stereocenters. The van der Waals surface area contributed by atoms with Crippen LogP contribution in [-0.4, -0.2) is 20.7 Å². The van der Waals surface area contributed by atoms with Crippen molar-refractivity contribution in [2.24, 2.45) is 5.92 Å². The number of nitrogens with one attached hydrogen (secondary N) is 2. The van der Waals surface area contributed by atoms with E-state index in [0.29, 0.717) is 11.7 Å². The monoisotopic (exact) mass is 296 g/mol. The van der Waals surface area contributed by atoms with Crippen LogP contribution >= 0.6 is 0 Å². The predicted octanol–water partition coefficient (Wildman–Crippen LogP) is 3.44. The summed E-state index contributed by atoms with van der Waals surface area (Å²) in [5, 5.41) is 3.59. The highest BCUT2D eigenvalue weighted by molar-refractivity contribution is 7.92. The summed E-state index contributed by atoms with van der Waals surface area (Å²) in [6.07, 6.45) is 7.54. The largest absolute Gasteiger partial charge is 0.382 e. The molecule has 0 amide bonds. The second-order valence-electron chi connectivity index (χ2n) is 5.66. The molecule has 1 fully saturated rings. The molecular formula is C15H24N2O2S. The van der Waals surface area contributed by atoms with Gasteiger partial charge >= 0.3 is 0 Å². The average molecular weight is 296 g/mol. The minimum Gasteiger partial charge on any atom is -0.382 e. The van der Waals surface area contributed by atoms with Crippen LogP contribution in [0.15, 0.2) is 24.3 Å². The minimum atomic E-state index is -3.20. The van der Waals surface area contributed by atoms with E-state index < -0.39 is 10.0 Å². The van der Waals surface area contributed by atoms with Crippen molar-refractivity contribution < 1.29 is 8.42 Å². The zero-order valence-corrected chi connectivity index (χ0v) is 13.0. The van der Waals surface area contributed by atoms with E-state index >= 15 is 0 Å². The highest BCUT2D eigenvalue weighted by Crippen LogP contribution is 2.29. The molecule has 1 aliphatic carbocycles. The van der Waals surface area contributed by atoms with Crippen LogP contribution in [0.4, 0.5) is 11.4 Å². The third-order valence-electron chi connectivity index (χ3n) is 3.97. The molecule has 1 saturated carbocycles. The smallest absolute Gasteiger partial charge is 0.229 e. The van der Waals surface area contributed by atoms with Crippen molar-refractivity contribution in [2.45, 2.75) is 45.1 Å². The summed E-state index contributed by atoms with van der Waals surface area (Å²) < 4.78 is 24.8. The molecule has 0 saturated heterocycles. The Kier molecular flexibility index (Phi) is 4.91. The molecule has 2 atom stereocenters. The van der Waals surface area contributed by atoms with Gasteiger partial charge in [0.25, 0.3) is 0 Å². The van der Waals surface area contributed by atoms with Gasteiger partial charge in [-0.15, -0.1) is 0 Å². The topological polar surface area (TPSA) is 58.2 Å². The van der Waals surface area contributed by atoms with Crippen molar-refractivity contribution in [3.63, 3.8) is 0 Å². The van der Waals surface area contributed by atoms with Crippen LogP contribution in [0.3, 0.4) is 0 Å². The van der Waals surface area contributed by atoms with Crippen molar-refractivity contribution in [3.8, 4) is 0 Å². The van der Waals surface area contributed by atoms with Crippen molar-refractivity contribution in [1.82, 2.24) is 0 Å². The number of sulfonamides is 1. The van der Waals surface area contributed by atoms with Crippen LogP contribution in [0.25, 0.3) is 0 Å². The third kappa shape index (κ3) is 4.40. The summed E-state index contributed by atoms with van der Waals surface area (Å²) in [6.45, 7) is 2.25. The molecule has 0 spiro atoms. The number of anilines is 2. The Hall–Kier alpha value is -1.23. The maximum absolute atomic E-state index is 11.2. The standard InChI is InChI=1S/C15H24N2O2S/c1-3-12-6-4-5-7-15(12)16-13-8-10-14(11-9-13)17-20(2,18)19/h8-12,15-17H,3-7H2,1-2H3. The Morgan fingerprint density at radius 2 is 1.70 bits per heavy atom. The number of rotatable bonds is 5. The lowest BCUT2D eigenvalue weighted by molar-refractivity contribution is 0.317. The van der Waals surface area contributed by atoms with Gasteiger partial charge in [-0.3, -0.25) is 4.72 Å². The van der Waals surface area contributed by atoms with E-state index in [1.165, 1.54) is 32.1 Å². The van der Waals surface area contributed by atoms with Crippen molar-refractivity contribution in [1.29, 1.82) is 0 Å². The van der Waals surface area contributed by atoms with Crippen molar-refractivity contribution in [2.75, 3.05) is 16.3 Å². The fourth-order valence-corrected chi connectivity index (χ4v) is 3.51. The van der Waals surface area contributed by atoms with Gasteiger partial charge in [-0.25, -0.2) is 8.42 Å². The Labute approximate surface area is 122 Å². The van der Waals surface area contributed by atoms with Gasteiger partial charge < -0.3 is 5.32 Å². The van der Waals surface area contributed by atoms with Gasteiger partial charge in [0.1, 0.15) is 0 Å². The summed E-state index contributed by atoms with van der Waals surface area (Å²) in [7, 11) is -3.20. The lowest BCUT2D eigenvalue weighted by atomic mass is 9.83. The fourth-order valence-electron chi connectivity index (χ4n) is 2.95. The first-order valence-corrected chi connectivity index (χ1v) is 9.21. The first kappa shape index (κ1) is 15.2. The van der Waals surface area contributed by atoms with Crippen molar-refractivity contribution in [3.05, 3.63) is 24.3 Å².